The maximum Gasteiger partial charge on any atom is 0.212 e. The molecule has 6 nitrogen and oxygen atoms in total. The molecule has 0 bridgehead atoms. The summed E-state index contributed by atoms with van der Waals surface area (Å²) in [5.41, 5.74) is 5.10. The van der Waals surface area contributed by atoms with E-state index in [2.05, 4.69) is 4.72 Å². The molecule has 0 rings (SSSR count). The molecule has 0 aromatic rings. The number of hydrogen-bond acceptors (Lipinski definition) is 5. The fraction of sp³-hybridized carbons (Fsp3) is 1.00. The summed E-state index contributed by atoms with van der Waals surface area (Å²) in [5, 5.41) is 0. The Morgan fingerprint density at radius 3 is 2.00 bits per heavy atom. The molecule has 15 heavy (non-hydrogen) atoms. The van der Waals surface area contributed by atoms with Gasteiger partial charge in [-0.25, -0.2) is 21.6 Å². The molecule has 0 aromatic carbocycles. The molecule has 0 aromatic heterocycles. The lowest BCUT2D eigenvalue weighted by molar-refractivity contribution is 0.537. The first-order valence-corrected chi connectivity index (χ1v) is 7.93. The Bertz CT molecular complexity index is 397. The van der Waals surface area contributed by atoms with Crippen molar-refractivity contribution in [3.63, 3.8) is 0 Å². The van der Waals surface area contributed by atoms with Gasteiger partial charge in [0.2, 0.25) is 10.0 Å². The zero-order valence-corrected chi connectivity index (χ0v) is 10.8. The van der Waals surface area contributed by atoms with E-state index in [1.807, 2.05) is 0 Å². The Morgan fingerprint density at radius 1 is 1.20 bits per heavy atom. The van der Waals surface area contributed by atoms with Crippen molar-refractivity contribution < 1.29 is 16.8 Å². The van der Waals surface area contributed by atoms with E-state index in [-0.39, 0.29) is 18.8 Å². The van der Waals surface area contributed by atoms with Crippen molar-refractivity contribution >= 4 is 19.9 Å². The Balaban J connectivity index is 4.54. The molecular weight excluding hydrogens is 240 g/mol. The highest BCUT2D eigenvalue weighted by atomic mass is 32.2. The van der Waals surface area contributed by atoms with E-state index in [0.717, 1.165) is 6.26 Å². The van der Waals surface area contributed by atoms with E-state index in [1.54, 1.807) is 0 Å². The van der Waals surface area contributed by atoms with Gasteiger partial charge in [0.15, 0.2) is 9.84 Å². The summed E-state index contributed by atoms with van der Waals surface area (Å²) in [5.74, 6) is -0.202. The third-order valence-corrected chi connectivity index (χ3v) is 5.62. The highest BCUT2D eigenvalue weighted by Gasteiger charge is 2.31. The molecule has 0 fully saturated rings. The van der Waals surface area contributed by atoms with Crippen molar-refractivity contribution in [3.8, 4) is 0 Å². The summed E-state index contributed by atoms with van der Waals surface area (Å²) in [6, 6.07) is 0. The van der Waals surface area contributed by atoms with E-state index in [4.69, 9.17) is 5.73 Å². The first-order valence-electron chi connectivity index (χ1n) is 4.39. The minimum atomic E-state index is -3.46. The van der Waals surface area contributed by atoms with Crippen molar-refractivity contribution in [2.75, 3.05) is 25.1 Å². The second-order valence-electron chi connectivity index (χ2n) is 3.96. The maximum absolute atomic E-state index is 11.3. The predicted molar refractivity (Wildman–Crippen MR) is 59.8 cm³/mol. The minimum Gasteiger partial charge on any atom is -0.329 e. The second-order valence-corrected chi connectivity index (χ2v) is 8.54. The third-order valence-electron chi connectivity index (χ3n) is 2.11. The molecule has 0 atom stereocenters. The van der Waals surface area contributed by atoms with Gasteiger partial charge in [-0.1, -0.05) is 0 Å². The number of hydrogen-bond donors (Lipinski definition) is 2. The maximum atomic E-state index is 11.3. The quantitative estimate of drug-likeness (QED) is 0.615. The zero-order valence-electron chi connectivity index (χ0n) is 9.15. The van der Waals surface area contributed by atoms with Crippen LogP contribution in [0.2, 0.25) is 0 Å². The average Bonchev–Trinajstić information content (AvgIpc) is 1.99. The van der Waals surface area contributed by atoms with Crippen LogP contribution in [0.5, 0.6) is 0 Å². The van der Waals surface area contributed by atoms with Crippen LogP contribution >= 0.6 is 0 Å². The largest absolute Gasteiger partial charge is 0.329 e. The van der Waals surface area contributed by atoms with Gasteiger partial charge in [0.25, 0.3) is 0 Å². The molecule has 0 saturated carbocycles. The van der Waals surface area contributed by atoms with E-state index in [9.17, 15) is 16.8 Å². The van der Waals surface area contributed by atoms with Gasteiger partial charge in [0, 0.05) is 19.3 Å². The normalized spacial score (nSPS) is 14.1. The van der Waals surface area contributed by atoms with Crippen molar-refractivity contribution in [3.05, 3.63) is 0 Å². The van der Waals surface area contributed by atoms with Gasteiger partial charge in [-0.15, -0.1) is 0 Å². The van der Waals surface area contributed by atoms with Crippen LogP contribution in [-0.4, -0.2) is 46.7 Å². The van der Waals surface area contributed by atoms with Gasteiger partial charge < -0.3 is 5.73 Å². The lowest BCUT2D eigenvalue weighted by Crippen LogP contribution is -2.44. The van der Waals surface area contributed by atoms with Crippen LogP contribution in [0.4, 0.5) is 0 Å². The number of sulfone groups is 1. The van der Waals surface area contributed by atoms with Gasteiger partial charge >= 0.3 is 0 Å². The Hall–Kier alpha value is -0.180. The summed E-state index contributed by atoms with van der Waals surface area (Å²) >= 11 is 0. The highest BCUT2D eigenvalue weighted by molar-refractivity contribution is 7.92. The molecule has 0 spiro atoms. The van der Waals surface area contributed by atoms with Gasteiger partial charge in [-0.05, 0) is 13.8 Å². The summed E-state index contributed by atoms with van der Waals surface area (Å²) in [4.78, 5) is 0. The van der Waals surface area contributed by atoms with Crippen LogP contribution < -0.4 is 10.5 Å². The van der Waals surface area contributed by atoms with E-state index in [1.165, 1.54) is 13.8 Å². The number of sulfonamides is 1. The summed E-state index contributed by atoms with van der Waals surface area (Å²) < 4.78 is 46.1. The van der Waals surface area contributed by atoms with Crippen LogP contribution in [-0.2, 0) is 19.9 Å². The van der Waals surface area contributed by atoms with Crippen LogP contribution in [0, 0.1) is 0 Å². The van der Waals surface area contributed by atoms with Crippen LogP contribution in [0.15, 0.2) is 0 Å². The molecule has 0 aliphatic heterocycles. The van der Waals surface area contributed by atoms with Gasteiger partial charge in [-0.3, -0.25) is 0 Å². The molecule has 0 heterocycles. The monoisotopic (exact) mass is 258 g/mol. The molecule has 92 valence electrons. The van der Waals surface area contributed by atoms with Crippen molar-refractivity contribution in [2.45, 2.75) is 18.6 Å². The number of nitrogens with one attached hydrogen (secondary N) is 1. The highest BCUT2D eigenvalue weighted by Crippen LogP contribution is 2.13. The van der Waals surface area contributed by atoms with E-state index >= 15 is 0 Å². The van der Waals surface area contributed by atoms with Gasteiger partial charge in [-0.2, -0.15) is 0 Å². The lowest BCUT2D eigenvalue weighted by Gasteiger charge is -2.22. The summed E-state index contributed by atoms with van der Waals surface area (Å²) in [6.07, 6.45) is 1.07. The second kappa shape index (κ2) is 4.77. The van der Waals surface area contributed by atoms with E-state index in [0.29, 0.717) is 0 Å². The Labute approximate surface area is 91.2 Å². The van der Waals surface area contributed by atoms with Crippen molar-refractivity contribution in [1.82, 2.24) is 4.72 Å². The third kappa shape index (κ3) is 4.92. The van der Waals surface area contributed by atoms with Crippen molar-refractivity contribution in [2.24, 2.45) is 5.73 Å². The Kier molecular flexibility index (Phi) is 4.71. The zero-order chi connectivity index (χ0) is 12.3. The molecule has 0 aliphatic rings. The minimum absolute atomic E-state index is 0.00857. The Morgan fingerprint density at radius 2 is 1.67 bits per heavy atom. The molecule has 0 unspecified atom stereocenters. The predicted octanol–water partition coefficient (Wildman–Crippen LogP) is -1.31. The van der Waals surface area contributed by atoms with Crippen LogP contribution in [0.1, 0.15) is 13.8 Å². The fourth-order valence-electron chi connectivity index (χ4n) is 0.642. The van der Waals surface area contributed by atoms with Crippen LogP contribution in [0.25, 0.3) is 0 Å². The molecule has 8 heteroatoms. The van der Waals surface area contributed by atoms with Gasteiger partial charge in [0.1, 0.15) is 0 Å². The molecule has 0 amide bonds. The topological polar surface area (TPSA) is 106 Å². The standard InChI is InChI=1S/C7H18N2O4S2/c1-7(2,14(3,10)11)6-9-15(12,13)5-4-8/h9H,4-6,8H2,1-3H3. The lowest BCUT2D eigenvalue weighted by atomic mass is 10.2. The summed E-state index contributed by atoms with van der Waals surface area (Å²) in [7, 11) is -6.76. The fourth-order valence-corrected chi connectivity index (χ4v) is 2.10. The number of rotatable bonds is 6. The number of nitrogens with two attached hydrogens (primary N) is 1. The van der Waals surface area contributed by atoms with Crippen LogP contribution in [0.3, 0.4) is 0 Å². The van der Waals surface area contributed by atoms with Gasteiger partial charge in [0.05, 0.1) is 10.5 Å². The molecular formula is C7H18N2O4S2. The average molecular weight is 258 g/mol. The molecule has 0 aliphatic carbocycles. The van der Waals surface area contributed by atoms with Crippen molar-refractivity contribution in [1.29, 1.82) is 0 Å². The SMILES string of the molecule is CC(C)(CNS(=O)(=O)CCN)S(C)(=O)=O. The first-order chi connectivity index (χ1) is 6.52. The smallest absolute Gasteiger partial charge is 0.212 e. The first kappa shape index (κ1) is 14.8. The molecule has 3 N–H and O–H groups in total. The molecule has 0 radical (unpaired) electrons. The van der Waals surface area contributed by atoms with E-state index < -0.39 is 24.6 Å². The molecule has 0 saturated heterocycles. The summed E-state index contributed by atoms with van der Waals surface area (Å²) in [6.45, 7) is 2.80.